The zero-order valence-electron chi connectivity index (χ0n) is 20.7. The average molecular weight is 498 g/mol. The summed E-state index contributed by atoms with van der Waals surface area (Å²) in [6.07, 6.45) is 1.02. The first-order chi connectivity index (χ1) is 17.1. The maximum absolute atomic E-state index is 14.4. The number of likely N-dealkylation sites (tertiary alicyclic amines) is 1. The van der Waals surface area contributed by atoms with Crippen molar-refractivity contribution in [2.45, 2.75) is 76.8 Å². The van der Waals surface area contributed by atoms with Gasteiger partial charge in [0.15, 0.2) is 0 Å². The molecule has 0 aromatic heterocycles. The van der Waals surface area contributed by atoms with Crippen molar-refractivity contribution >= 4 is 23.6 Å². The summed E-state index contributed by atoms with van der Waals surface area (Å²) in [7, 11) is 0. The van der Waals surface area contributed by atoms with Crippen molar-refractivity contribution in [3.8, 4) is 6.07 Å². The Hall–Kier alpha value is -3.48. The molecule has 192 valence electrons. The van der Waals surface area contributed by atoms with Crippen molar-refractivity contribution in [3.05, 3.63) is 34.9 Å². The molecule has 2 saturated heterocycles. The lowest BCUT2D eigenvalue weighted by molar-refractivity contribution is -0.135. The monoisotopic (exact) mass is 497 g/mol. The van der Waals surface area contributed by atoms with Gasteiger partial charge in [0.05, 0.1) is 12.6 Å². The predicted octanol–water partition coefficient (Wildman–Crippen LogP) is 1.34. The highest BCUT2D eigenvalue weighted by molar-refractivity contribution is 5.94. The molecule has 0 radical (unpaired) electrons. The quantitative estimate of drug-likeness (QED) is 0.589. The van der Waals surface area contributed by atoms with Gasteiger partial charge in [-0.3, -0.25) is 19.2 Å². The highest BCUT2D eigenvalue weighted by Gasteiger charge is 2.47. The second-order valence-electron chi connectivity index (χ2n) is 10.2. The van der Waals surface area contributed by atoms with E-state index in [-0.39, 0.29) is 43.5 Å². The maximum Gasteiger partial charge on any atom is 0.246 e. The zero-order chi connectivity index (χ0) is 26.0. The lowest BCUT2D eigenvalue weighted by atomic mass is 9.99. The number of nitriles is 1. The molecule has 3 aliphatic heterocycles. The molecule has 2 fully saturated rings. The summed E-state index contributed by atoms with van der Waals surface area (Å²) in [4.78, 5) is 53.4. The summed E-state index contributed by atoms with van der Waals surface area (Å²) >= 11 is 0. The number of hydrogen-bond acceptors (Lipinski definition) is 5. The summed E-state index contributed by atoms with van der Waals surface area (Å²) < 4.78 is 14.4. The van der Waals surface area contributed by atoms with Crippen LogP contribution in [0.25, 0.3) is 0 Å². The van der Waals surface area contributed by atoms with Crippen LogP contribution in [-0.4, -0.2) is 64.3 Å². The van der Waals surface area contributed by atoms with Crippen molar-refractivity contribution in [2.24, 2.45) is 5.92 Å². The molecule has 0 spiro atoms. The fourth-order valence-electron chi connectivity index (χ4n) is 5.44. The number of benzene rings is 1. The number of nitrogens with one attached hydrogen (secondary N) is 2. The van der Waals surface area contributed by atoms with E-state index in [0.717, 1.165) is 16.7 Å². The third-order valence-electron chi connectivity index (χ3n) is 7.28. The standard InChI is InChI=1S/C26H32FN5O4/c1-3-29-22(33)8-7-16-5-4-6-17-13-31(14-20(16)17)23(34)10-18-9-21(30-24(18)35)25(36)32-15-26(2,27)11-19(32)12-28/h4-6,18-19,21H,3,7-11,13-15H2,1-2H3,(H,29,33)(H,30,35)/t18-,19-,21-,26?/m0/s1. The number of hydrogen-bond donors (Lipinski definition) is 2. The molecule has 3 heterocycles. The molecule has 0 bridgehead atoms. The smallest absolute Gasteiger partial charge is 0.246 e. The number of halogens is 1. The molecule has 10 heteroatoms. The fraction of sp³-hybridized carbons (Fsp3) is 0.577. The van der Waals surface area contributed by atoms with E-state index in [1.165, 1.54) is 11.8 Å². The molecule has 4 rings (SSSR count). The third-order valence-corrected chi connectivity index (χ3v) is 7.28. The van der Waals surface area contributed by atoms with E-state index >= 15 is 0 Å². The van der Waals surface area contributed by atoms with Crippen molar-refractivity contribution < 1.29 is 23.6 Å². The van der Waals surface area contributed by atoms with Crippen LogP contribution in [0.2, 0.25) is 0 Å². The molecule has 9 nitrogen and oxygen atoms in total. The van der Waals surface area contributed by atoms with Crippen molar-refractivity contribution in [3.63, 3.8) is 0 Å². The summed E-state index contributed by atoms with van der Waals surface area (Å²) in [5, 5.41) is 14.7. The molecule has 2 N–H and O–H groups in total. The van der Waals surface area contributed by atoms with Gasteiger partial charge in [0, 0.05) is 44.8 Å². The lowest BCUT2D eigenvalue weighted by Gasteiger charge is -2.23. The topological polar surface area (TPSA) is 123 Å². The highest BCUT2D eigenvalue weighted by atomic mass is 19.1. The molecule has 4 amide bonds. The van der Waals surface area contributed by atoms with Crippen LogP contribution in [-0.2, 0) is 38.7 Å². The first-order valence-electron chi connectivity index (χ1n) is 12.5. The predicted molar refractivity (Wildman–Crippen MR) is 128 cm³/mol. The van der Waals surface area contributed by atoms with E-state index in [2.05, 4.69) is 10.6 Å². The summed E-state index contributed by atoms with van der Waals surface area (Å²) in [6, 6.07) is 6.11. The molecular weight excluding hydrogens is 465 g/mol. The molecule has 3 aliphatic rings. The first-order valence-corrected chi connectivity index (χ1v) is 12.5. The average Bonchev–Trinajstić information content (AvgIpc) is 3.52. The Morgan fingerprint density at radius 2 is 2.08 bits per heavy atom. The Labute approximate surface area is 210 Å². The Morgan fingerprint density at radius 1 is 1.31 bits per heavy atom. The van der Waals surface area contributed by atoms with Crippen LogP contribution >= 0.6 is 0 Å². The SMILES string of the molecule is CCNC(=O)CCc1cccc2c1CN(C(=O)C[C@@H]1C[C@@H](C(=O)N3CC(C)(F)C[C@H]3C#N)NC1=O)C2. The fourth-order valence-corrected chi connectivity index (χ4v) is 5.44. The largest absolute Gasteiger partial charge is 0.356 e. The number of carbonyl (C=O) groups is 4. The first kappa shape index (κ1) is 25.6. The van der Waals surface area contributed by atoms with Gasteiger partial charge in [-0.25, -0.2) is 4.39 Å². The van der Waals surface area contributed by atoms with Crippen LogP contribution in [0.5, 0.6) is 0 Å². The van der Waals surface area contributed by atoms with Crippen LogP contribution in [0.15, 0.2) is 18.2 Å². The summed E-state index contributed by atoms with van der Waals surface area (Å²) in [6.45, 7) is 4.49. The van der Waals surface area contributed by atoms with Crippen LogP contribution in [0.3, 0.4) is 0 Å². The highest BCUT2D eigenvalue weighted by Crippen LogP contribution is 2.33. The number of fused-ring (bicyclic) bond motifs is 1. The normalized spacial score (nSPS) is 26.9. The van der Waals surface area contributed by atoms with Gasteiger partial charge in [0.2, 0.25) is 23.6 Å². The molecule has 1 aromatic rings. The maximum atomic E-state index is 14.4. The van der Waals surface area contributed by atoms with Crippen molar-refractivity contribution in [1.82, 2.24) is 20.4 Å². The number of amides is 4. The number of aryl methyl sites for hydroxylation is 1. The molecule has 36 heavy (non-hydrogen) atoms. The second-order valence-corrected chi connectivity index (χ2v) is 10.2. The zero-order valence-corrected chi connectivity index (χ0v) is 20.7. The van der Waals surface area contributed by atoms with E-state index in [4.69, 9.17) is 0 Å². The van der Waals surface area contributed by atoms with E-state index in [1.54, 1.807) is 4.90 Å². The third kappa shape index (κ3) is 5.35. The van der Waals surface area contributed by atoms with Crippen molar-refractivity contribution in [1.29, 1.82) is 5.26 Å². The molecule has 1 unspecified atom stereocenters. The minimum Gasteiger partial charge on any atom is -0.356 e. The molecule has 0 saturated carbocycles. The number of rotatable bonds is 7. The minimum absolute atomic E-state index is 0.0106. The summed E-state index contributed by atoms with van der Waals surface area (Å²) in [5.41, 5.74) is 1.48. The Bertz CT molecular complexity index is 1110. The van der Waals surface area contributed by atoms with Gasteiger partial charge in [-0.15, -0.1) is 0 Å². The number of alkyl halides is 1. The van der Waals surface area contributed by atoms with Gasteiger partial charge >= 0.3 is 0 Å². The number of carbonyl (C=O) groups excluding carboxylic acids is 4. The Morgan fingerprint density at radius 3 is 2.81 bits per heavy atom. The van der Waals surface area contributed by atoms with Gasteiger partial charge in [0.25, 0.3) is 0 Å². The Kier molecular flexibility index (Phi) is 7.29. The number of nitrogens with zero attached hydrogens (tertiary/aromatic N) is 3. The molecule has 1 aromatic carbocycles. The van der Waals surface area contributed by atoms with E-state index in [9.17, 15) is 28.8 Å². The van der Waals surface area contributed by atoms with Gasteiger partial charge in [0.1, 0.15) is 17.8 Å². The molecule has 4 atom stereocenters. The van der Waals surface area contributed by atoms with E-state index in [1.807, 2.05) is 31.2 Å². The van der Waals surface area contributed by atoms with Crippen LogP contribution < -0.4 is 10.6 Å². The van der Waals surface area contributed by atoms with E-state index in [0.29, 0.717) is 32.5 Å². The van der Waals surface area contributed by atoms with Gasteiger partial charge in [-0.05, 0) is 43.4 Å². The second kappa shape index (κ2) is 10.2. The minimum atomic E-state index is -1.64. The lowest BCUT2D eigenvalue weighted by Crippen LogP contribution is -2.46. The molecule has 0 aliphatic carbocycles. The summed E-state index contributed by atoms with van der Waals surface area (Å²) in [5.74, 6) is -1.70. The van der Waals surface area contributed by atoms with Gasteiger partial charge in [-0.1, -0.05) is 18.2 Å². The van der Waals surface area contributed by atoms with Crippen LogP contribution in [0.1, 0.15) is 56.2 Å². The van der Waals surface area contributed by atoms with Crippen LogP contribution in [0.4, 0.5) is 4.39 Å². The Balaban J connectivity index is 1.34. The molecular formula is C26H32FN5O4. The van der Waals surface area contributed by atoms with Gasteiger partial charge < -0.3 is 20.4 Å². The van der Waals surface area contributed by atoms with Crippen molar-refractivity contribution in [2.75, 3.05) is 13.1 Å². The van der Waals surface area contributed by atoms with Gasteiger partial charge in [-0.2, -0.15) is 5.26 Å². The van der Waals surface area contributed by atoms with E-state index < -0.39 is 29.6 Å². The van der Waals surface area contributed by atoms with Crippen LogP contribution in [0, 0.1) is 17.2 Å².